The molecule has 1 atom stereocenters. The van der Waals surface area contributed by atoms with Crippen LogP contribution in [0.25, 0.3) is 39.9 Å². The van der Waals surface area contributed by atoms with E-state index < -0.39 is 12.0 Å². The molecule has 10 nitrogen and oxygen atoms in total. The van der Waals surface area contributed by atoms with Gasteiger partial charge in [0.15, 0.2) is 11.9 Å². The van der Waals surface area contributed by atoms with E-state index in [9.17, 15) is 9.18 Å². The number of carbonyl (C=O) groups is 1. The fourth-order valence-corrected chi connectivity index (χ4v) is 3.63. The molecule has 3 heterocycles. The highest BCUT2D eigenvalue weighted by Gasteiger charge is 2.24. The van der Waals surface area contributed by atoms with E-state index in [4.69, 9.17) is 9.26 Å². The van der Waals surface area contributed by atoms with Gasteiger partial charge in [-0.15, -0.1) is 5.10 Å². The molecular formula is C24H18FN7O3. The molecule has 0 saturated heterocycles. The summed E-state index contributed by atoms with van der Waals surface area (Å²) in [7, 11) is 1.67. The molecule has 0 amide bonds. The van der Waals surface area contributed by atoms with Gasteiger partial charge >= 0.3 is 0 Å². The second-order valence-corrected chi connectivity index (χ2v) is 7.34. The number of benzene rings is 2. The van der Waals surface area contributed by atoms with Gasteiger partial charge in [-0.3, -0.25) is 15.1 Å². The number of aromatic nitrogens is 6. The minimum atomic E-state index is -0.627. The van der Waals surface area contributed by atoms with Crippen LogP contribution in [0.3, 0.4) is 0 Å². The zero-order valence-electron chi connectivity index (χ0n) is 18.4. The number of pyridine rings is 1. The molecule has 5 rings (SSSR count). The standard InChI is InChI=1S/C24H18FN7O3/c1-26-23(34-14-33)17-6-4-5-16(13-17)22-28-24(35-30-22)20-21(15-9-11-27-12-10-15)32(31-29-20)19-8-3-2-7-18(19)25/h2-14,23,26H,1H3. The van der Waals surface area contributed by atoms with E-state index in [0.717, 1.165) is 0 Å². The molecule has 0 saturated carbocycles. The molecular weight excluding hydrogens is 453 g/mol. The first-order valence-corrected chi connectivity index (χ1v) is 10.5. The third kappa shape index (κ3) is 4.27. The molecule has 3 aromatic heterocycles. The maximum absolute atomic E-state index is 14.6. The van der Waals surface area contributed by atoms with Crippen molar-refractivity contribution < 1.29 is 18.4 Å². The normalized spacial score (nSPS) is 11.8. The molecule has 0 radical (unpaired) electrons. The van der Waals surface area contributed by atoms with Gasteiger partial charge in [0.05, 0.1) is 0 Å². The molecule has 0 bridgehead atoms. The number of para-hydroxylation sites is 1. The summed E-state index contributed by atoms with van der Waals surface area (Å²) in [5.41, 5.74) is 3.00. The molecule has 174 valence electrons. The zero-order chi connectivity index (χ0) is 24.2. The van der Waals surface area contributed by atoms with Crippen LogP contribution in [0.15, 0.2) is 77.6 Å². The van der Waals surface area contributed by atoms with E-state index in [1.807, 2.05) is 0 Å². The molecule has 0 aliphatic carbocycles. The van der Waals surface area contributed by atoms with Crippen LogP contribution in [0.4, 0.5) is 4.39 Å². The minimum absolute atomic E-state index is 0.106. The van der Waals surface area contributed by atoms with E-state index in [2.05, 4.69) is 30.8 Å². The van der Waals surface area contributed by atoms with E-state index in [1.165, 1.54) is 10.7 Å². The monoisotopic (exact) mass is 471 g/mol. The second-order valence-electron chi connectivity index (χ2n) is 7.34. The third-order valence-electron chi connectivity index (χ3n) is 5.23. The van der Waals surface area contributed by atoms with Crippen molar-refractivity contribution in [2.45, 2.75) is 6.23 Å². The maximum Gasteiger partial charge on any atom is 0.294 e. The lowest BCUT2D eigenvalue weighted by molar-refractivity contribution is -0.135. The van der Waals surface area contributed by atoms with Crippen LogP contribution < -0.4 is 5.32 Å². The highest BCUT2D eigenvalue weighted by molar-refractivity contribution is 5.76. The van der Waals surface area contributed by atoms with Gasteiger partial charge in [-0.25, -0.2) is 9.07 Å². The predicted octanol–water partition coefficient (Wildman–Crippen LogP) is 3.58. The fraction of sp³-hybridized carbons (Fsp3) is 0.0833. The molecule has 0 aliphatic heterocycles. The summed E-state index contributed by atoms with van der Waals surface area (Å²) < 4.78 is 26.6. The Kier molecular flexibility index (Phi) is 6.05. The van der Waals surface area contributed by atoms with E-state index >= 15 is 0 Å². The predicted molar refractivity (Wildman–Crippen MR) is 122 cm³/mol. The van der Waals surface area contributed by atoms with Crippen LogP contribution in [-0.4, -0.2) is 43.6 Å². The van der Waals surface area contributed by atoms with Crippen molar-refractivity contribution in [1.29, 1.82) is 0 Å². The van der Waals surface area contributed by atoms with E-state index in [0.29, 0.717) is 34.7 Å². The van der Waals surface area contributed by atoms with Crippen LogP contribution in [-0.2, 0) is 9.53 Å². The van der Waals surface area contributed by atoms with Gasteiger partial charge in [-0.05, 0) is 37.4 Å². The number of hydrogen-bond acceptors (Lipinski definition) is 9. The Hall–Kier alpha value is -4.77. The number of carbonyl (C=O) groups excluding carboxylic acids is 1. The highest BCUT2D eigenvalue weighted by atomic mass is 19.1. The van der Waals surface area contributed by atoms with Crippen LogP contribution in [0, 0.1) is 5.82 Å². The molecule has 0 fully saturated rings. The van der Waals surface area contributed by atoms with Crippen molar-refractivity contribution in [1.82, 2.24) is 35.4 Å². The van der Waals surface area contributed by atoms with Crippen molar-refractivity contribution in [3.05, 3.63) is 84.4 Å². The van der Waals surface area contributed by atoms with Crippen molar-refractivity contribution in [2.24, 2.45) is 0 Å². The summed E-state index contributed by atoms with van der Waals surface area (Å²) in [4.78, 5) is 19.3. The highest BCUT2D eigenvalue weighted by Crippen LogP contribution is 2.33. The van der Waals surface area contributed by atoms with Gasteiger partial charge in [-0.1, -0.05) is 40.7 Å². The summed E-state index contributed by atoms with van der Waals surface area (Å²) in [5, 5.41) is 15.4. The SMILES string of the molecule is CNC(OC=O)c1cccc(-c2noc(-c3nnn(-c4ccccc4F)c3-c3ccncc3)n2)c1. The molecule has 1 N–H and O–H groups in total. The third-order valence-corrected chi connectivity index (χ3v) is 5.23. The Balaban J connectivity index is 1.59. The lowest BCUT2D eigenvalue weighted by atomic mass is 10.1. The van der Waals surface area contributed by atoms with Crippen molar-refractivity contribution in [2.75, 3.05) is 7.05 Å². The minimum Gasteiger partial charge on any atom is -0.444 e. The Morgan fingerprint density at radius 2 is 1.91 bits per heavy atom. The number of ether oxygens (including phenoxy) is 1. The van der Waals surface area contributed by atoms with Crippen molar-refractivity contribution in [3.63, 3.8) is 0 Å². The average Bonchev–Trinajstić information content (AvgIpc) is 3.56. The number of nitrogens with one attached hydrogen (secondary N) is 1. The molecule has 0 aliphatic rings. The molecule has 1 unspecified atom stereocenters. The van der Waals surface area contributed by atoms with Gasteiger partial charge in [-0.2, -0.15) is 4.98 Å². The van der Waals surface area contributed by atoms with Gasteiger partial charge in [0.1, 0.15) is 17.2 Å². The number of hydrogen-bond donors (Lipinski definition) is 1. The lowest BCUT2D eigenvalue weighted by Gasteiger charge is -2.14. The molecule has 5 aromatic rings. The maximum atomic E-state index is 14.6. The first-order valence-electron chi connectivity index (χ1n) is 10.5. The summed E-state index contributed by atoms with van der Waals surface area (Å²) in [6.07, 6.45) is 2.60. The molecule has 2 aromatic carbocycles. The average molecular weight is 471 g/mol. The second kappa shape index (κ2) is 9.61. The van der Waals surface area contributed by atoms with Crippen LogP contribution in [0.2, 0.25) is 0 Å². The molecule has 35 heavy (non-hydrogen) atoms. The Morgan fingerprint density at radius 1 is 1.09 bits per heavy atom. The van der Waals surface area contributed by atoms with Crippen molar-refractivity contribution >= 4 is 6.47 Å². The molecule has 11 heteroatoms. The number of nitrogens with zero attached hydrogens (tertiary/aromatic N) is 6. The fourth-order valence-electron chi connectivity index (χ4n) is 3.63. The van der Waals surface area contributed by atoms with Crippen molar-refractivity contribution in [3.8, 4) is 39.9 Å². The zero-order valence-corrected chi connectivity index (χ0v) is 18.4. The van der Waals surface area contributed by atoms with Crippen LogP contribution >= 0.6 is 0 Å². The number of halogens is 1. The summed E-state index contributed by atoms with van der Waals surface area (Å²) in [6.45, 7) is 0.375. The van der Waals surface area contributed by atoms with Gasteiger partial charge < -0.3 is 9.26 Å². The largest absolute Gasteiger partial charge is 0.444 e. The van der Waals surface area contributed by atoms with Crippen LogP contribution in [0.1, 0.15) is 11.8 Å². The first kappa shape index (κ1) is 22.0. The summed E-state index contributed by atoms with van der Waals surface area (Å²) in [5.74, 6) is -0.0584. The summed E-state index contributed by atoms with van der Waals surface area (Å²) >= 11 is 0. The number of rotatable bonds is 8. The topological polar surface area (TPSA) is 121 Å². The quantitative estimate of drug-likeness (QED) is 0.267. The smallest absolute Gasteiger partial charge is 0.294 e. The first-order chi connectivity index (χ1) is 17.2. The lowest BCUT2D eigenvalue weighted by Crippen LogP contribution is -2.19. The van der Waals surface area contributed by atoms with E-state index in [-0.39, 0.29) is 17.3 Å². The van der Waals surface area contributed by atoms with Gasteiger partial charge in [0, 0.05) is 29.1 Å². The molecule has 0 spiro atoms. The summed E-state index contributed by atoms with van der Waals surface area (Å²) in [6, 6.07) is 16.9. The van der Waals surface area contributed by atoms with Gasteiger partial charge in [0.2, 0.25) is 5.82 Å². The Bertz CT molecular complexity index is 1470. The van der Waals surface area contributed by atoms with Gasteiger partial charge in [0.25, 0.3) is 12.4 Å². The Morgan fingerprint density at radius 3 is 2.69 bits per heavy atom. The van der Waals surface area contributed by atoms with E-state index in [1.54, 1.807) is 74.0 Å². The van der Waals surface area contributed by atoms with Crippen LogP contribution in [0.5, 0.6) is 0 Å². The Labute approximate surface area is 198 Å².